The minimum absolute atomic E-state index is 0.0206. The molecule has 3 amide bonds. The zero-order valence-corrected chi connectivity index (χ0v) is 17.3. The molecule has 0 radical (unpaired) electrons. The summed E-state index contributed by atoms with van der Waals surface area (Å²) in [6, 6.07) is -3.36. The van der Waals surface area contributed by atoms with Crippen LogP contribution in [0.4, 0.5) is 0 Å². The van der Waals surface area contributed by atoms with E-state index in [1.54, 1.807) is 0 Å². The average molecular weight is 431 g/mol. The number of carboxylic acid groups (broad SMARTS) is 1. The van der Waals surface area contributed by atoms with Crippen LogP contribution in [0.25, 0.3) is 0 Å². The second-order valence-corrected chi connectivity index (χ2v) is 7.10. The van der Waals surface area contributed by atoms with E-state index in [4.69, 9.17) is 22.3 Å². The number of carbonyl (C=O) groups is 4. The van der Waals surface area contributed by atoms with E-state index in [1.807, 2.05) is 13.8 Å². The number of carbonyl (C=O) groups excluding carboxylic acids is 3. The fraction of sp³-hybridized carbons (Fsp3) is 0.706. The first-order chi connectivity index (χ1) is 14.0. The third-order valence-electron chi connectivity index (χ3n) is 3.88. The predicted octanol–water partition coefficient (Wildman–Crippen LogP) is -3.42. The summed E-state index contributed by atoms with van der Waals surface area (Å²) >= 11 is 0. The van der Waals surface area contributed by atoms with Gasteiger partial charge < -0.3 is 43.4 Å². The Morgan fingerprint density at radius 2 is 1.67 bits per heavy atom. The number of nitrogens with two attached hydrogens (primary N) is 3. The smallest absolute Gasteiger partial charge is 0.326 e. The van der Waals surface area contributed by atoms with Crippen molar-refractivity contribution in [3.63, 3.8) is 0 Å². The molecule has 0 saturated carbocycles. The highest BCUT2D eigenvalue weighted by atomic mass is 16.4. The van der Waals surface area contributed by atoms with Crippen LogP contribution in [0.3, 0.4) is 0 Å². The van der Waals surface area contributed by atoms with Gasteiger partial charge in [0.2, 0.25) is 17.7 Å². The molecule has 0 spiro atoms. The lowest BCUT2D eigenvalue weighted by Crippen LogP contribution is -2.54. The van der Waals surface area contributed by atoms with E-state index in [9.17, 15) is 24.3 Å². The van der Waals surface area contributed by atoms with E-state index in [2.05, 4.69) is 20.9 Å². The molecule has 172 valence electrons. The van der Waals surface area contributed by atoms with E-state index in [1.165, 1.54) is 0 Å². The average Bonchev–Trinajstić information content (AvgIpc) is 2.66. The fourth-order valence-corrected chi connectivity index (χ4v) is 2.36. The summed E-state index contributed by atoms with van der Waals surface area (Å²) in [4.78, 5) is 51.4. The van der Waals surface area contributed by atoms with Crippen molar-refractivity contribution in [3.05, 3.63) is 0 Å². The van der Waals surface area contributed by atoms with Gasteiger partial charge in [0.1, 0.15) is 18.1 Å². The third kappa shape index (κ3) is 11.8. The Bertz CT molecular complexity index is 622. The van der Waals surface area contributed by atoms with Crippen LogP contribution in [0.5, 0.6) is 0 Å². The van der Waals surface area contributed by atoms with Gasteiger partial charge in [-0.2, -0.15) is 0 Å². The largest absolute Gasteiger partial charge is 0.480 e. The van der Waals surface area contributed by atoms with Crippen molar-refractivity contribution in [3.8, 4) is 0 Å². The molecule has 0 aliphatic carbocycles. The predicted molar refractivity (Wildman–Crippen MR) is 109 cm³/mol. The summed E-state index contributed by atoms with van der Waals surface area (Å²) in [7, 11) is 0. The highest BCUT2D eigenvalue weighted by Gasteiger charge is 2.27. The number of aliphatic hydroxyl groups is 1. The van der Waals surface area contributed by atoms with Crippen molar-refractivity contribution in [1.82, 2.24) is 16.0 Å². The molecule has 0 fully saturated rings. The summed E-state index contributed by atoms with van der Waals surface area (Å²) in [5.41, 5.74) is 15.8. The summed E-state index contributed by atoms with van der Waals surface area (Å²) < 4.78 is 0. The third-order valence-corrected chi connectivity index (χ3v) is 3.88. The second kappa shape index (κ2) is 14.1. The standard InChI is InChI=1S/C17H33N7O6/c1-9(2)6-12(16(29)30)24-15(28)11(4-3-5-21-17(19)20)23-13(26)7-22-14(27)10(18)8-25/h9-12,25H,3-8,18H2,1-2H3,(H,22,27)(H,23,26)(H,24,28)(H,29,30)(H4,19,20,21). The number of rotatable bonds is 14. The van der Waals surface area contributed by atoms with Crippen molar-refractivity contribution in [2.24, 2.45) is 28.1 Å². The minimum atomic E-state index is -1.19. The molecule has 0 heterocycles. The van der Waals surface area contributed by atoms with Crippen molar-refractivity contribution >= 4 is 29.7 Å². The molecule has 0 aromatic rings. The molecular weight excluding hydrogens is 398 g/mol. The fourth-order valence-electron chi connectivity index (χ4n) is 2.36. The van der Waals surface area contributed by atoms with E-state index in [-0.39, 0.29) is 31.3 Å². The molecule has 0 aromatic carbocycles. The minimum Gasteiger partial charge on any atom is -0.480 e. The van der Waals surface area contributed by atoms with Crippen molar-refractivity contribution in [2.75, 3.05) is 19.7 Å². The zero-order valence-electron chi connectivity index (χ0n) is 17.3. The maximum absolute atomic E-state index is 12.6. The van der Waals surface area contributed by atoms with Crippen LogP contribution in [-0.2, 0) is 19.2 Å². The Morgan fingerprint density at radius 1 is 1.03 bits per heavy atom. The van der Waals surface area contributed by atoms with Crippen molar-refractivity contribution in [2.45, 2.75) is 51.2 Å². The Morgan fingerprint density at radius 3 is 2.17 bits per heavy atom. The molecule has 3 unspecified atom stereocenters. The monoisotopic (exact) mass is 431 g/mol. The van der Waals surface area contributed by atoms with Crippen LogP contribution in [0, 0.1) is 5.92 Å². The van der Waals surface area contributed by atoms with E-state index >= 15 is 0 Å². The van der Waals surface area contributed by atoms with Crippen LogP contribution in [0.15, 0.2) is 4.99 Å². The van der Waals surface area contributed by atoms with Gasteiger partial charge in [-0.25, -0.2) is 4.79 Å². The molecule has 0 aliphatic rings. The Hall–Kier alpha value is -2.93. The molecule has 30 heavy (non-hydrogen) atoms. The van der Waals surface area contributed by atoms with Gasteiger partial charge in [-0.15, -0.1) is 0 Å². The van der Waals surface area contributed by atoms with Gasteiger partial charge in [-0.1, -0.05) is 13.8 Å². The summed E-state index contributed by atoms with van der Waals surface area (Å²) in [6.45, 7) is 2.78. The number of aliphatic hydroxyl groups excluding tert-OH is 1. The second-order valence-electron chi connectivity index (χ2n) is 7.10. The number of hydrogen-bond donors (Lipinski definition) is 8. The maximum Gasteiger partial charge on any atom is 0.326 e. The Labute approximate surface area is 174 Å². The lowest BCUT2D eigenvalue weighted by atomic mass is 10.0. The van der Waals surface area contributed by atoms with Crippen LogP contribution in [-0.4, -0.2) is 77.7 Å². The quantitative estimate of drug-likeness (QED) is 0.0775. The zero-order chi connectivity index (χ0) is 23.3. The number of nitrogens with one attached hydrogen (secondary N) is 3. The molecule has 0 rings (SSSR count). The molecule has 0 bridgehead atoms. The van der Waals surface area contributed by atoms with Crippen LogP contribution >= 0.6 is 0 Å². The van der Waals surface area contributed by atoms with Gasteiger partial charge in [0.25, 0.3) is 0 Å². The Balaban J connectivity index is 5.04. The number of aliphatic imine (C=N–C) groups is 1. The summed E-state index contributed by atoms with van der Waals surface area (Å²) in [5, 5.41) is 25.2. The molecule has 0 aromatic heterocycles. The van der Waals surface area contributed by atoms with Crippen LogP contribution in [0.2, 0.25) is 0 Å². The van der Waals surface area contributed by atoms with E-state index < -0.39 is 55.0 Å². The molecule has 3 atom stereocenters. The van der Waals surface area contributed by atoms with Crippen LogP contribution in [0.1, 0.15) is 33.1 Å². The summed E-state index contributed by atoms with van der Waals surface area (Å²) in [6.07, 6.45) is 0.678. The molecular formula is C17H33N7O6. The number of aliphatic carboxylic acids is 1. The molecule has 13 heteroatoms. The number of guanidine groups is 1. The first kappa shape index (κ1) is 27.1. The Kier molecular flexibility index (Phi) is 12.7. The molecule has 13 nitrogen and oxygen atoms in total. The first-order valence-corrected chi connectivity index (χ1v) is 9.50. The van der Waals surface area contributed by atoms with Gasteiger partial charge in [-0.05, 0) is 25.2 Å². The number of carboxylic acids is 1. The van der Waals surface area contributed by atoms with Gasteiger partial charge in [0.15, 0.2) is 5.96 Å². The van der Waals surface area contributed by atoms with E-state index in [0.29, 0.717) is 6.42 Å². The first-order valence-electron chi connectivity index (χ1n) is 9.50. The van der Waals surface area contributed by atoms with Crippen LogP contribution < -0.4 is 33.2 Å². The molecule has 0 saturated heterocycles. The normalized spacial score (nSPS) is 13.6. The summed E-state index contributed by atoms with van der Waals surface area (Å²) in [5.74, 6) is -3.39. The lowest BCUT2D eigenvalue weighted by molar-refractivity contribution is -0.142. The number of amides is 3. The topological polar surface area (TPSA) is 235 Å². The maximum atomic E-state index is 12.6. The molecule has 0 aliphatic heterocycles. The van der Waals surface area contributed by atoms with Gasteiger partial charge >= 0.3 is 5.97 Å². The number of hydrogen-bond acceptors (Lipinski definition) is 7. The highest BCUT2D eigenvalue weighted by Crippen LogP contribution is 2.07. The SMILES string of the molecule is CC(C)CC(NC(=O)C(CCCN=C(N)N)NC(=O)CNC(=O)C(N)CO)C(=O)O. The van der Waals surface area contributed by atoms with E-state index in [0.717, 1.165) is 0 Å². The number of nitrogens with zero attached hydrogens (tertiary/aromatic N) is 1. The van der Waals surface area contributed by atoms with Gasteiger partial charge in [-0.3, -0.25) is 19.4 Å². The molecule has 11 N–H and O–H groups in total. The van der Waals surface area contributed by atoms with Crippen molar-refractivity contribution in [1.29, 1.82) is 0 Å². The lowest BCUT2D eigenvalue weighted by Gasteiger charge is -2.22. The highest BCUT2D eigenvalue weighted by molar-refractivity contribution is 5.92. The van der Waals surface area contributed by atoms with Gasteiger partial charge in [0, 0.05) is 6.54 Å². The van der Waals surface area contributed by atoms with Crippen molar-refractivity contribution < 1.29 is 29.4 Å². The van der Waals surface area contributed by atoms with Gasteiger partial charge in [0.05, 0.1) is 13.2 Å².